The summed E-state index contributed by atoms with van der Waals surface area (Å²) >= 11 is 0. The number of furan rings is 1. The summed E-state index contributed by atoms with van der Waals surface area (Å²) in [5.41, 5.74) is 1.74. The van der Waals surface area contributed by atoms with Crippen LogP contribution < -0.4 is 15.4 Å². The first kappa shape index (κ1) is 22.3. The van der Waals surface area contributed by atoms with Gasteiger partial charge in [0.2, 0.25) is 18.3 Å². The van der Waals surface area contributed by atoms with Crippen molar-refractivity contribution < 1.29 is 13.9 Å². The number of methoxy groups -OCH3 is 1. The van der Waals surface area contributed by atoms with Crippen molar-refractivity contribution in [2.24, 2.45) is 9.98 Å². The molecule has 0 aliphatic carbocycles. The summed E-state index contributed by atoms with van der Waals surface area (Å²) < 4.78 is 16.9. The summed E-state index contributed by atoms with van der Waals surface area (Å²) in [7, 11) is 1.64. The molecule has 0 fully saturated rings. The number of nitrogens with zero attached hydrogens (tertiary/aromatic N) is 4. The predicted octanol–water partition coefficient (Wildman–Crippen LogP) is 3.74. The minimum Gasteiger partial charge on any atom is -0.497 e. The third-order valence-corrected chi connectivity index (χ3v) is 4.92. The molecule has 2 aromatic heterocycles. The monoisotopic (exact) mass is 448 g/mol. The lowest BCUT2D eigenvalue weighted by Crippen LogP contribution is -2.49. The molecule has 0 radical (unpaired) electrons. The van der Waals surface area contributed by atoms with Crippen LogP contribution in [0.1, 0.15) is 24.1 Å². The molecular weight excluding hydrogens is 420 g/mol. The largest absolute Gasteiger partial charge is 0.497 e. The maximum Gasteiger partial charge on any atom is 0.234 e. The first-order valence-corrected chi connectivity index (χ1v) is 10.8. The fourth-order valence-electron chi connectivity index (χ4n) is 3.30. The van der Waals surface area contributed by atoms with E-state index < -0.39 is 6.35 Å². The van der Waals surface area contributed by atoms with Crippen LogP contribution in [-0.2, 0) is 17.8 Å². The van der Waals surface area contributed by atoms with E-state index in [1.54, 1.807) is 13.3 Å². The Morgan fingerprint density at radius 1 is 1.09 bits per heavy atom. The van der Waals surface area contributed by atoms with E-state index in [0.717, 1.165) is 28.7 Å². The molecule has 172 valence electrons. The number of ether oxygens (including phenoxy) is 2. The van der Waals surface area contributed by atoms with Crippen molar-refractivity contribution in [2.75, 3.05) is 19.0 Å². The summed E-state index contributed by atoms with van der Waals surface area (Å²) in [5.74, 6) is 3.49. The van der Waals surface area contributed by atoms with Crippen molar-refractivity contribution in [1.29, 1.82) is 0 Å². The van der Waals surface area contributed by atoms with Gasteiger partial charge in [-0.2, -0.15) is 9.98 Å². The number of benzene rings is 1. The Labute approximate surface area is 193 Å². The van der Waals surface area contributed by atoms with Gasteiger partial charge in [-0.3, -0.25) is 9.88 Å². The van der Waals surface area contributed by atoms with Crippen LogP contribution in [0.5, 0.6) is 5.75 Å². The van der Waals surface area contributed by atoms with Gasteiger partial charge in [-0.25, -0.2) is 0 Å². The first-order valence-electron chi connectivity index (χ1n) is 10.8. The quantitative estimate of drug-likeness (QED) is 0.542. The van der Waals surface area contributed by atoms with Gasteiger partial charge in [-0.1, -0.05) is 6.07 Å². The van der Waals surface area contributed by atoms with Gasteiger partial charge < -0.3 is 24.5 Å². The van der Waals surface area contributed by atoms with Gasteiger partial charge >= 0.3 is 0 Å². The highest BCUT2D eigenvalue weighted by molar-refractivity contribution is 6.03. The number of hydrogen-bond acceptors (Lipinski definition) is 9. The molecular formula is C24H28N6O3. The number of aliphatic imine (C=N–C) groups is 2. The lowest BCUT2D eigenvalue weighted by atomic mass is 10.3. The molecule has 0 spiro atoms. The molecule has 2 N–H and O–H groups in total. The molecule has 1 aromatic carbocycles. The van der Waals surface area contributed by atoms with Gasteiger partial charge in [0.15, 0.2) is 0 Å². The fourth-order valence-corrected chi connectivity index (χ4v) is 3.30. The van der Waals surface area contributed by atoms with Gasteiger partial charge in [-0.15, -0.1) is 0 Å². The fraction of sp³-hybridized carbons (Fsp3) is 0.292. The van der Waals surface area contributed by atoms with E-state index in [1.807, 2.05) is 73.3 Å². The number of nitrogens with one attached hydrogen (secondary N) is 2. The summed E-state index contributed by atoms with van der Waals surface area (Å²) in [6.45, 7) is 5.28. The normalized spacial score (nSPS) is 15.6. The van der Waals surface area contributed by atoms with E-state index in [1.165, 1.54) is 0 Å². The maximum absolute atomic E-state index is 5.96. The van der Waals surface area contributed by atoms with Gasteiger partial charge in [0.1, 0.15) is 17.3 Å². The number of aryl methyl sites for hydroxylation is 1. The van der Waals surface area contributed by atoms with Crippen LogP contribution in [0.15, 0.2) is 75.2 Å². The van der Waals surface area contributed by atoms with Crippen LogP contribution in [0.25, 0.3) is 0 Å². The average molecular weight is 449 g/mol. The predicted molar refractivity (Wildman–Crippen MR) is 127 cm³/mol. The molecule has 9 nitrogen and oxygen atoms in total. The third-order valence-electron chi connectivity index (χ3n) is 4.92. The molecule has 1 aliphatic heterocycles. The number of hydrogen-bond donors (Lipinski definition) is 2. The SMILES string of the molecule is CCOC1N=C(NCc2ccc(C)o2)N=C(Nc2ccc(OC)cc2)N1Cc1ccccn1. The van der Waals surface area contributed by atoms with Crippen molar-refractivity contribution in [3.63, 3.8) is 0 Å². The van der Waals surface area contributed by atoms with Crippen LogP contribution in [0.2, 0.25) is 0 Å². The van der Waals surface area contributed by atoms with E-state index in [4.69, 9.17) is 18.9 Å². The summed E-state index contributed by atoms with van der Waals surface area (Å²) in [6, 6.07) is 17.3. The minimum atomic E-state index is -0.573. The second kappa shape index (κ2) is 10.6. The molecule has 1 unspecified atom stereocenters. The lowest BCUT2D eigenvalue weighted by Gasteiger charge is -2.34. The highest BCUT2D eigenvalue weighted by Crippen LogP contribution is 2.20. The molecule has 1 atom stereocenters. The third kappa shape index (κ3) is 5.89. The van der Waals surface area contributed by atoms with Crippen molar-refractivity contribution in [3.8, 4) is 5.75 Å². The smallest absolute Gasteiger partial charge is 0.234 e. The number of aromatic nitrogens is 1. The van der Waals surface area contributed by atoms with Gasteiger partial charge in [-0.05, 0) is 62.4 Å². The van der Waals surface area contributed by atoms with Crippen molar-refractivity contribution >= 4 is 17.6 Å². The van der Waals surface area contributed by atoms with Crippen LogP contribution in [0.3, 0.4) is 0 Å². The molecule has 33 heavy (non-hydrogen) atoms. The van der Waals surface area contributed by atoms with Crippen LogP contribution in [-0.4, -0.2) is 41.9 Å². The molecule has 0 bridgehead atoms. The molecule has 4 rings (SSSR count). The van der Waals surface area contributed by atoms with E-state index in [0.29, 0.717) is 31.6 Å². The standard InChI is InChI=1S/C24H28N6O3/c1-4-32-24-29-22(26-15-21-11-8-17(2)33-21)28-23(27-18-9-12-20(31-3)13-10-18)30(24)16-19-7-5-6-14-25-19/h5-14,24H,4,15-16H2,1-3H3,(H2,26,27,28,29). The van der Waals surface area contributed by atoms with Crippen molar-refractivity contribution in [1.82, 2.24) is 15.2 Å². The molecule has 0 amide bonds. The minimum absolute atomic E-state index is 0.454. The van der Waals surface area contributed by atoms with Gasteiger partial charge in [0.25, 0.3) is 0 Å². The molecule has 3 aromatic rings. The molecule has 0 saturated carbocycles. The Bertz CT molecular complexity index is 1090. The summed E-state index contributed by atoms with van der Waals surface area (Å²) in [4.78, 5) is 15.8. The molecule has 1 aliphatic rings. The Balaban J connectivity index is 1.60. The Kier molecular flexibility index (Phi) is 7.21. The zero-order valence-corrected chi connectivity index (χ0v) is 19.0. The van der Waals surface area contributed by atoms with E-state index in [2.05, 4.69) is 20.6 Å². The second-order valence-corrected chi connectivity index (χ2v) is 7.34. The van der Waals surface area contributed by atoms with E-state index in [-0.39, 0.29) is 0 Å². The maximum atomic E-state index is 5.96. The van der Waals surface area contributed by atoms with Crippen LogP contribution in [0.4, 0.5) is 5.69 Å². The van der Waals surface area contributed by atoms with Crippen LogP contribution in [0, 0.1) is 6.92 Å². The topological polar surface area (TPSA) is 96.5 Å². The Morgan fingerprint density at radius 3 is 2.61 bits per heavy atom. The van der Waals surface area contributed by atoms with Gasteiger partial charge in [0.05, 0.1) is 25.9 Å². The Hall–Kier alpha value is -3.85. The highest BCUT2D eigenvalue weighted by Gasteiger charge is 2.28. The van der Waals surface area contributed by atoms with Gasteiger partial charge in [0, 0.05) is 18.5 Å². The number of anilines is 1. The Morgan fingerprint density at radius 2 is 1.94 bits per heavy atom. The molecule has 3 heterocycles. The molecule has 0 saturated heterocycles. The van der Waals surface area contributed by atoms with E-state index >= 15 is 0 Å². The summed E-state index contributed by atoms with van der Waals surface area (Å²) in [6.07, 6.45) is 1.20. The number of rotatable bonds is 8. The van der Waals surface area contributed by atoms with Crippen molar-refractivity contribution in [3.05, 3.63) is 78.0 Å². The highest BCUT2D eigenvalue weighted by atomic mass is 16.5. The van der Waals surface area contributed by atoms with Crippen molar-refractivity contribution in [2.45, 2.75) is 33.3 Å². The average Bonchev–Trinajstić information content (AvgIpc) is 3.26. The van der Waals surface area contributed by atoms with E-state index in [9.17, 15) is 0 Å². The first-order chi connectivity index (χ1) is 16.1. The zero-order valence-electron chi connectivity index (χ0n) is 19.0. The molecule has 9 heteroatoms. The zero-order chi connectivity index (χ0) is 23.0. The van der Waals surface area contributed by atoms with Crippen LogP contribution >= 0.6 is 0 Å². The summed E-state index contributed by atoms with van der Waals surface area (Å²) in [5, 5.41) is 6.64. The number of pyridine rings is 1. The second-order valence-electron chi connectivity index (χ2n) is 7.34. The lowest BCUT2D eigenvalue weighted by molar-refractivity contribution is -0.0192. The number of guanidine groups is 2.